The van der Waals surface area contributed by atoms with E-state index in [1.165, 1.54) is 6.08 Å². The molecule has 0 aliphatic carbocycles. The minimum Gasteiger partial charge on any atom is -0.478 e. The minimum absolute atomic E-state index is 0.00601. The van der Waals surface area contributed by atoms with Gasteiger partial charge in [0.05, 0.1) is 31.2 Å². The Labute approximate surface area is 173 Å². The van der Waals surface area contributed by atoms with Crippen molar-refractivity contribution in [1.29, 1.82) is 0 Å². The Morgan fingerprint density at radius 3 is 2.90 bits per heavy atom. The number of fused-ring (bicyclic) bond motifs is 1. The number of methoxy groups -OCH3 is 1. The molecule has 0 spiro atoms. The molecule has 0 bridgehead atoms. The first-order valence-electron chi connectivity index (χ1n) is 9.64. The van der Waals surface area contributed by atoms with Crippen LogP contribution in [-0.2, 0) is 11.8 Å². The smallest absolute Gasteiger partial charge is 0.256 e. The van der Waals surface area contributed by atoms with Gasteiger partial charge in [-0.3, -0.25) is 9.48 Å². The summed E-state index contributed by atoms with van der Waals surface area (Å²) in [6.45, 7) is 8.88. The average Bonchev–Trinajstić information content (AvgIpc) is 3.39. The summed E-state index contributed by atoms with van der Waals surface area (Å²) in [5.41, 5.74) is 2.17. The van der Waals surface area contributed by atoms with Gasteiger partial charge in [0.25, 0.3) is 5.88 Å². The van der Waals surface area contributed by atoms with Gasteiger partial charge in [0.15, 0.2) is 11.5 Å². The Balaban J connectivity index is 1.69. The molecule has 11 heteroatoms. The second-order valence-corrected chi connectivity index (χ2v) is 7.45. The second-order valence-electron chi connectivity index (χ2n) is 7.45. The number of hydrogen-bond acceptors (Lipinski definition) is 8. The predicted octanol–water partition coefficient (Wildman–Crippen LogP) is 1.05. The number of aromatic nitrogens is 6. The molecule has 30 heavy (non-hydrogen) atoms. The molecule has 0 radical (unpaired) electrons. The Hall–Kier alpha value is -3.63. The molecular weight excluding hydrogens is 386 g/mol. The van der Waals surface area contributed by atoms with Gasteiger partial charge in [-0.15, -0.1) is 10.2 Å². The van der Waals surface area contributed by atoms with Crippen molar-refractivity contribution in [2.24, 2.45) is 13.0 Å². The van der Waals surface area contributed by atoms with Gasteiger partial charge >= 0.3 is 0 Å². The fourth-order valence-electron chi connectivity index (χ4n) is 3.59. The highest BCUT2D eigenvalue weighted by Gasteiger charge is 2.32. The highest BCUT2D eigenvalue weighted by Crippen LogP contribution is 2.29. The van der Waals surface area contributed by atoms with Crippen molar-refractivity contribution in [3.8, 4) is 5.88 Å². The third kappa shape index (κ3) is 3.53. The van der Waals surface area contributed by atoms with Gasteiger partial charge in [0.2, 0.25) is 11.9 Å². The number of rotatable bonds is 6. The molecule has 1 fully saturated rings. The van der Waals surface area contributed by atoms with Crippen LogP contribution in [0.25, 0.3) is 5.65 Å². The van der Waals surface area contributed by atoms with Crippen LogP contribution in [0, 0.1) is 12.8 Å². The third-order valence-electron chi connectivity index (χ3n) is 5.17. The molecule has 2 N–H and O–H groups in total. The molecule has 1 saturated heterocycles. The number of nitrogens with one attached hydrogen (secondary N) is 2. The number of amides is 1. The number of carbonyl (C=O) groups is 1. The van der Waals surface area contributed by atoms with Crippen molar-refractivity contribution < 1.29 is 9.53 Å². The number of anilines is 3. The quantitative estimate of drug-likeness (QED) is 0.579. The number of imidazole rings is 1. The lowest BCUT2D eigenvalue weighted by atomic mass is 10.1. The van der Waals surface area contributed by atoms with E-state index in [1.54, 1.807) is 22.5 Å². The van der Waals surface area contributed by atoms with Crippen LogP contribution >= 0.6 is 0 Å². The maximum Gasteiger partial charge on any atom is 0.256 e. The van der Waals surface area contributed by atoms with Crippen LogP contribution in [0.4, 0.5) is 17.5 Å². The van der Waals surface area contributed by atoms with Crippen LogP contribution in [0.3, 0.4) is 0 Å². The summed E-state index contributed by atoms with van der Waals surface area (Å²) in [4.78, 5) is 23.0. The molecule has 1 aliphatic heterocycles. The fraction of sp³-hybridized carbons (Fsp3) is 0.421. The van der Waals surface area contributed by atoms with Gasteiger partial charge in [-0.25, -0.2) is 9.50 Å². The van der Waals surface area contributed by atoms with Crippen molar-refractivity contribution in [3.05, 3.63) is 30.7 Å². The van der Waals surface area contributed by atoms with Gasteiger partial charge in [-0.1, -0.05) is 13.5 Å². The van der Waals surface area contributed by atoms with E-state index in [4.69, 9.17) is 9.72 Å². The molecule has 3 aromatic heterocycles. The van der Waals surface area contributed by atoms with Gasteiger partial charge in [-0.05, 0) is 18.9 Å². The van der Waals surface area contributed by atoms with Crippen molar-refractivity contribution in [3.63, 3.8) is 0 Å². The fourth-order valence-corrected chi connectivity index (χ4v) is 3.59. The predicted molar refractivity (Wildman–Crippen MR) is 112 cm³/mol. The lowest BCUT2D eigenvalue weighted by molar-refractivity contribution is -0.117. The van der Waals surface area contributed by atoms with Crippen molar-refractivity contribution in [1.82, 2.24) is 34.7 Å². The molecule has 4 rings (SSSR count). The first-order chi connectivity index (χ1) is 14.4. The monoisotopic (exact) mass is 411 g/mol. The SMILES string of the molecule is C=CC(=O)NC1CN(c2nc(Nc3cn(C)nc3OC)c3ncc(C)n3n2)CC1C. The Morgan fingerprint density at radius 2 is 2.17 bits per heavy atom. The molecule has 2 unspecified atom stereocenters. The lowest BCUT2D eigenvalue weighted by Crippen LogP contribution is -2.39. The van der Waals surface area contributed by atoms with Crippen molar-refractivity contribution in [2.45, 2.75) is 19.9 Å². The highest BCUT2D eigenvalue weighted by molar-refractivity contribution is 5.87. The molecule has 1 aliphatic rings. The largest absolute Gasteiger partial charge is 0.478 e. The first-order valence-corrected chi connectivity index (χ1v) is 9.64. The minimum atomic E-state index is -0.179. The van der Waals surface area contributed by atoms with E-state index in [1.807, 2.05) is 20.2 Å². The van der Waals surface area contributed by atoms with Crippen LogP contribution < -0.4 is 20.3 Å². The second kappa shape index (κ2) is 7.65. The van der Waals surface area contributed by atoms with E-state index in [-0.39, 0.29) is 17.9 Å². The molecule has 4 heterocycles. The molecule has 0 aromatic carbocycles. The van der Waals surface area contributed by atoms with Crippen LogP contribution in [0.1, 0.15) is 12.6 Å². The molecule has 1 amide bonds. The summed E-state index contributed by atoms with van der Waals surface area (Å²) in [6.07, 6.45) is 4.85. The Morgan fingerprint density at radius 1 is 1.37 bits per heavy atom. The zero-order valence-electron chi connectivity index (χ0n) is 17.5. The number of carbonyl (C=O) groups excluding carboxylic acids is 1. The average molecular weight is 411 g/mol. The van der Waals surface area contributed by atoms with Gasteiger partial charge < -0.3 is 20.3 Å². The number of hydrogen-bond donors (Lipinski definition) is 2. The Kier molecular flexibility index (Phi) is 5.02. The van der Waals surface area contributed by atoms with E-state index in [0.717, 1.165) is 12.2 Å². The van der Waals surface area contributed by atoms with Crippen molar-refractivity contribution >= 4 is 29.0 Å². The van der Waals surface area contributed by atoms with Crippen LogP contribution in [0.15, 0.2) is 25.0 Å². The van der Waals surface area contributed by atoms with Crippen LogP contribution in [0.5, 0.6) is 5.88 Å². The van der Waals surface area contributed by atoms with Gasteiger partial charge in [0, 0.05) is 20.1 Å². The zero-order valence-corrected chi connectivity index (χ0v) is 17.5. The number of aryl methyl sites for hydroxylation is 2. The molecule has 158 valence electrons. The summed E-state index contributed by atoms with van der Waals surface area (Å²) in [5.74, 6) is 1.62. The maximum atomic E-state index is 11.7. The highest BCUT2D eigenvalue weighted by atomic mass is 16.5. The summed E-state index contributed by atoms with van der Waals surface area (Å²) in [7, 11) is 3.38. The summed E-state index contributed by atoms with van der Waals surface area (Å²) < 4.78 is 8.75. The summed E-state index contributed by atoms with van der Waals surface area (Å²) >= 11 is 0. The van der Waals surface area contributed by atoms with Gasteiger partial charge in [-0.2, -0.15) is 4.98 Å². The molecule has 11 nitrogen and oxygen atoms in total. The van der Waals surface area contributed by atoms with Gasteiger partial charge in [0.1, 0.15) is 5.69 Å². The maximum absolute atomic E-state index is 11.7. The van der Waals surface area contributed by atoms with E-state index in [9.17, 15) is 4.79 Å². The normalized spacial score (nSPS) is 18.6. The van der Waals surface area contributed by atoms with E-state index in [2.05, 4.69) is 44.2 Å². The standard InChI is InChI=1S/C19H25N9O2/c1-6-15(29)21-13-10-27(8-11(13)2)19-23-16(17-20-7-12(3)28(17)25-19)22-14-9-26(4)24-18(14)30-5/h6-7,9,11,13H,1,8,10H2,2-5H3,(H,21,29)(H,22,23,25). The number of nitrogens with zero attached hydrogens (tertiary/aromatic N) is 7. The topological polar surface area (TPSA) is 115 Å². The molecule has 2 atom stereocenters. The molecular formula is C19H25N9O2. The third-order valence-corrected chi connectivity index (χ3v) is 5.17. The van der Waals surface area contributed by atoms with E-state index < -0.39 is 0 Å². The van der Waals surface area contributed by atoms with Crippen LogP contribution in [-0.4, -0.2) is 61.5 Å². The summed E-state index contributed by atoms with van der Waals surface area (Å²) in [6, 6.07) is -0.00601. The summed E-state index contributed by atoms with van der Waals surface area (Å²) in [5, 5.41) is 15.2. The van der Waals surface area contributed by atoms with E-state index >= 15 is 0 Å². The first kappa shape index (κ1) is 19.7. The van der Waals surface area contributed by atoms with Crippen molar-refractivity contribution in [2.75, 3.05) is 30.4 Å². The molecule has 3 aromatic rings. The van der Waals surface area contributed by atoms with E-state index in [0.29, 0.717) is 35.5 Å². The zero-order chi connectivity index (χ0) is 21.4. The van der Waals surface area contributed by atoms with Crippen LogP contribution in [0.2, 0.25) is 0 Å². The lowest BCUT2D eigenvalue weighted by Gasteiger charge is -2.18. The number of ether oxygens (including phenoxy) is 1. The molecule has 0 saturated carbocycles. The Bertz CT molecular complexity index is 1100.